The molecule has 3 aromatic carbocycles. The van der Waals surface area contributed by atoms with Gasteiger partial charge in [0.15, 0.2) is 0 Å². The summed E-state index contributed by atoms with van der Waals surface area (Å²) in [5.74, 6) is -0.344. The summed E-state index contributed by atoms with van der Waals surface area (Å²) in [6, 6.07) is 20.5. The molecule has 0 bridgehead atoms. The molecule has 1 aliphatic carbocycles. The molecular formula is C28H26ClN3O3. The number of benzene rings is 3. The molecular weight excluding hydrogens is 462 g/mol. The molecule has 35 heavy (non-hydrogen) atoms. The molecule has 1 fully saturated rings. The Labute approximate surface area is 208 Å². The van der Waals surface area contributed by atoms with Crippen molar-refractivity contribution < 1.29 is 14.7 Å². The number of amides is 1. The number of imidazole rings is 1. The van der Waals surface area contributed by atoms with E-state index in [0.29, 0.717) is 35.1 Å². The van der Waals surface area contributed by atoms with E-state index in [-0.39, 0.29) is 11.5 Å². The van der Waals surface area contributed by atoms with E-state index < -0.39 is 5.97 Å². The van der Waals surface area contributed by atoms with Crippen LogP contribution in [0.4, 0.5) is 0 Å². The van der Waals surface area contributed by atoms with Crippen molar-refractivity contribution in [1.29, 1.82) is 0 Å². The quantitative estimate of drug-likeness (QED) is 0.328. The van der Waals surface area contributed by atoms with Gasteiger partial charge in [0.2, 0.25) is 0 Å². The third-order valence-corrected chi connectivity index (χ3v) is 6.87. The van der Waals surface area contributed by atoms with Crippen molar-refractivity contribution in [2.75, 3.05) is 6.54 Å². The molecule has 0 atom stereocenters. The minimum Gasteiger partial charge on any atom is -0.478 e. The lowest BCUT2D eigenvalue weighted by Gasteiger charge is -2.17. The maximum absolute atomic E-state index is 12.9. The molecule has 1 aliphatic rings. The van der Waals surface area contributed by atoms with E-state index in [0.717, 1.165) is 48.2 Å². The van der Waals surface area contributed by atoms with Gasteiger partial charge in [-0.25, -0.2) is 9.78 Å². The molecule has 0 unspecified atom stereocenters. The highest BCUT2D eigenvalue weighted by atomic mass is 35.5. The van der Waals surface area contributed by atoms with Gasteiger partial charge in [-0.1, -0.05) is 48.7 Å². The van der Waals surface area contributed by atoms with Crippen LogP contribution in [0.1, 0.15) is 58.0 Å². The molecule has 1 saturated carbocycles. The number of carboxylic acid groups (broad SMARTS) is 1. The zero-order chi connectivity index (χ0) is 24.4. The van der Waals surface area contributed by atoms with E-state index in [1.54, 1.807) is 18.2 Å². The first-order chi connectivity index (χ1) is 17.0. The van der Waals surface area contributed by atoms with E-state index in [2.05, 4.69) is 9.88 Å². The summed E-state index contributed by atoms with van der Waals surface area (Å²) < 4.78 is 2.23. The van der Waals surface area contributed by atoms with Crippen LogP contribution in [0.3, 0.4) is 0 Å². The number of carbonyl (C=O) groups is 2. The first-order valence-corrected chi connectivity index (χ1v) is 12.3. The number of hydrogen-bond donors (Lipinski definition) is 2. The van der Waals surface area contributed by atoms with E-state index in [1.807, 2.05) is 48.5 Å². The predicted molar refractivity (Wildman–Crippen MR) is 137 cm³/mol. The second-order valence-electron chi connectivity index (χ2n) is 8.97. The average molecular weight is 488 g/mol. The van der Waals surface area contributed by atoms with Crippen molar-refractivity contribution >= 4 is 34.5 Å². The molecule has 7 heteroatoms. The number of fused-ring (bicyclic) bond motifs is 1. The number of aromatic nitrogens is 2. The maximum Gasteiger partial charge on any atom is 0.335 e. The molecule has 1 amide bonds. The lowest BCUT2D eigenvalue weighted by Crippen LogP contribution is -2.25. The van der Waals surface area contributed by atoms with Crippen LogP contribution in [0.15, 0.2) is 66.7 Å². The summed E-state index contributed by atoms with van der Waals surface area (Å²) in [6.45, 7) is 0.517. The van der Waals surface area contributed by atoms with Crippen molar-refractivity contribution in [1.82, 2.24) is 14.9 Å². The number of hydrogen-bond acceptors (Lipinski definition) is 3. The topological polar surface area (TPSA) is 84.2 Å². The smallest absolute Gasteiger partial charge is 0.335 e. The van der Waals surface area contributed by atoms with E-state index in [4.69, 9.17) is 16.6 Å². The summed E-state index contributed by atoms with van der Waals surface area (Å²) in [4.78, 5) is 29.2. The molecule has 0 radical (unpaired) electrons. The van der Waals surface area contributed by atoms with Crippen LogP contribution in [0.25, 0.3) is 22.4 Å². The Morgan fingerprint density at radius 2 is 1.77 bits per heavy atom. The number of aromatic carboxylic acids is 1. The van der Waals surface area contributed by atoms with Crippen LogP contribution in [-0.2, 0) is 6.42 Å². The largest absolute Gasteiger partial charge is 0.478 e. The monoisotopic (exact) mass is 487 g/mol. The fourth-order valence-corrected chi connectivity index (χ4v) is 4.97. The zero-order valence-corrected chi connectivity index (χ0v) is 20.0. The number of halogens is 1. The van der Waals surface area contributed by atoms with Crippen LogP contribution in [0, 0.1) is 0 Å². The summed E-state index contributed by atoms with van der Waals surface area (Å²) in [7, 11) is 0. The Morgan fingerprint density at radius 3 is 2.51 bits per heavy atom. The molecule has 2 N–H and O–H groups in total. The van der Waals surface area contributed by atoms with Gasteiger partial charge in [0.1, 0.15) is 5.82 Å². The molecule has 5 rings (SSSR count). The van der Waals surface area contributed by atoms with Gasteiger partial charge in [-0.05, 0) is 67.3 Å². The Balaban J connectivity index is 1.42. The number of nitrogens with one attached hydrogen (secondary N) is 1. The minimum absolute atomic E-state index is 0.141. The lowest BCUT2D eigenvalue weighted by atomic mass is 10.1. The molecule has 0 aliphatic heterocycles. The predicted octanol–water partition coefficient (Wildman–Crippen LogP) is 6.14. The molecule has 0 spiro atoms. The number of nitrogens with zero attached hydrogens (tertiary/aromatic N) is 2. The van der Waals surface area contributed by atoms with Crippen molar-refractivity contribution in [3.63, 3.8) is 0 Å². The van der Waals surface area contributed by atoms with Crippen LogP contribution < -0.4 is 5.32 Å². The van der Waals surface area contributed by atoms with Crippen molar-refractivity contribution in [2.24, 2.45) is 0 Å². The van der Waals surface area contributed by atoms with Gasteiger partial charge in [-0.15, -0.1) is 0 Å². The highest BCUT2D eigenvalue weighted by Crippen LogP contribution is 2.37. The Bertz CT molecular complexity index is 1390. The fourth-order valence-electron chi connectivity index (χ4n) is 4.84. The van der Waals surface area contributed by atoms with Crippen LogP contribution in [-0.4, -0.2) is 33.1 Å². The molecule has 1 aromatic heterocycles. The Kier molecular flexibility index (Phi) is 6.55. The summed E-state index contributed by atoms with van der Waals surface area (Å²) in [5, 5.41) is 13.1. The second kappa shape index (κ2) is 9.92. The normalized spacial score (nSPS) is 13.9. The summed E-state index contributed by atoms with van der Waals surface area (Å²) in [6.07, 6.45) is 5.15. The van der Waals surface area contributed by atoms with E-state index in [9.17, 15) is 14.7 Å². The van der Waals surface area contributed by atoms with Crippen molar-refractivity contribution in [3.8, 4) is 11.4 Å². The zero-order valence-electron chi connectivity index (χ0n) is 19.2. The van der Waals surface area contributed by atoms with Gasteiger partial charge >= 0.3 is 5.97 Å². The van der Waals surface area contributed by atoms with Gasteiger partial charge in [0.25, 0.3) is 5.91 Å². The lowest BCUT2D eigenvalue weighted by molar-refractivity contribution is 0.0696. The van der Waals surface area contributed by atoms with Gasteiger partial charge in [0.05, 0.1) is 16.6 Å². The SMILES string of the molecule is O=C(O)c1ccc2c(c1)nc(-c1cccc(C(=O)NCCc3ccc(Cl)cc3)c1)n2C1CCCC1. The number of rotatable bonds is 7. The second-order valence-corrected chi connectivity index (χ2v) is 9.40. The van der Waals surface area contributed by atoms with Gasteiger partial charge in [-0.2, -0.15) is 0 Å². The van der Waals surface area contributed by atoms with Crippen LogP contribution >= 0.6 is 11.6 Å². The first kappa shape index (κ1) is 23.1. The molecule has 0 saturated heterocycles. The van der Waals surface area contributed by atoms with E-state index >= 15 is 0 Å². The van der Waals surface area contributed by atoms with Gasteiger partial charge in [-0.3, -0.25) is 4.79 Å². The average Bonchev–Trinajstić information content (AvgIpc) is 3.52. The van der Waals surface area contributed by atoms with Crippen LogP contribution in [0.5, 0.6) is 0 Å². The Hall–Kier alpha value is -3.64. The van der Waals surface area contributed by atoms with Gasteiger partial charge < -0.3 is 15.0 Å². The van der Waals surface area contributed by atoms with E-state index in [1.165, 1.54) is 0 Å². The van der Waals surface area contributed by atoms with Gasteiger partial charge in [0, 0.05) is 28.7 Å². The summed E-state index contributed by atoms with van der Waals surface area (Å²) in [5.41, 5.74) is 4.31. The highest BCUT2D eigenvalue weighted by molar-refractivity contribution is 6.30. The number of carboxylic acids is 1. The molecule has 178 valence electrons. The molecule has 6 nitrogen and oxygen atoms in total. The minimum atomic E-state index is -0.971. The van der Waals surface area contributed by atoms with Crippen molar-refractivity contribution in [2.45, 2.75) is 38.1 Å². The maximum atomic E-state index is 12.9. The highest BCUT2D eigenvalue weighted by Gasteiger charge is 2.24. The standard InChI is InChI=1S/C28H26ClN3O3/c29-22-11-8-18(9-12-22)14-15-30-27(33)20-5-3-4-19(16-20)26-31-24-17-21(28(34)35)10-13-25(24)32(26)23-6-1-2-7-23/h3-5,8-13,16-17,23H,1-2,6-7,14-15H2,(H,30,33)(H,34,35). The van der Waals surface area contributed by atoms with Crippen LogP contribution in [0.2, 0.25) is 5.02 Å². The third-order valence-electron chi connectivity index (χ3n) is 6.62. The third kappa shape index (κ3) is 4.93. The molecule has 4 aromatic rings. The summed E-state index contributed by atoms with van der Waals surface area (Å²) >= 11 is 5.94. The molecule has 1 heterocycles. The first-order valence-electron chi connectivity index (χ1n) is 11.9. The Morgan fingerprint density at radius 1 is 1.00 bits per heavy atom. The number of carbonyl (C=O) groups excluding carboxylic acids is 1. The fraction of sp³-hybridized carbons (Fsp3) is 0.250. The van der Waals surface area contributed by atoms with Crippen molar-refractivity contribution in [3.05, 3.63) is 88.4 Å².